The molecule has 0 N–H and O–H groups in total. The van der Waals surface area contributed by atoms with Crippen LogP contribution in [-0.4, -0.2) is 24.5 Å². The Kier molecular flexibility index (Phi) is 1.71. The number of hydrogen-bond donors (Lipinski definition) is 0. The van der Waals surface area contributed by atoms with Crippen LogP contribution in [0.3, 0.4) is 0 Å². The Morgan fingerprint density at radius 1 is 1.27 bits per heavy atom. The second-order valence-electron chi connectivity index (χ2n) is 4.87. The van der Waals surface area contributed by atoms with Crippen LogP contribution in [0, 0.1) is 11.3 Å². The standard InChI is InChI=1S/C10H19N/c1-9(2)7-10-3-5-11(8-10)6-4-10/h9H,3-8H2,1-2H3. The highest BCUT2D eigenvalue weighted by Crippen LogP contribution is 2.44. The topological polar surface area (TPSA) is 3.24 Å². The molecule has 1 heteroatoms. The van der Waals surface area contributed by atoms with Gasteiger partial charge in [0.25, 0.3) is 0 Å². The van der Waals surface area contributed by atoms with E-state index in [1.54, 1.807) is 0 Å². The van der Waals surface area contributed by atoms with Crippen LogP contribution in [-0.2, 0) is 0 Å². The van der Waals surface area contributed by atoms with Crippen molar-refractivity contribution in [2.45, 2.75) is 33.1 Å². The zero-order chi connectivity index (χ0) is 7.90. The van der Waals surface area contributed by atoms with Crippen LogP contribution in [0.15, 0.2) is 0 Å². The first kappa shape index (κ1) is 7.60. The molecular weight excluding hydrogens is 134 g/mol. The molecule has 64 valence electrons. The maximum Gasteiger partial charge on any atom is 0.00390 e. The minimum Gasteiger partial charge on any atom is -0.303 e. The molecule has 2 rings (SSSR count). The fourth-order valence-electron chi connectivity index (χ4n) is 2.95. The lowest BCUT2D eigenvalue weighted by molar-refractivity contribution is 0.260. The SMILES string of the molecule is CC(C)CC12CCN(CC1)C2. The first-order chi connectivity index (χ1) is 5.20. The predicted octanol–water partition coefficient (Wildman–Crippen LogP) is 2.13. The number of fused-ring (bicyclic) bond motifs is 2. The predicted molar refractivity (Wildman–Crippen MR) is 47.6 cm³/mol. The van der Waals surface area contributed by atoms with Gasteiger partial charge in [-0.2, -0.15) is 0 Å². The Morgan fingerprint density at radius 2 is 1.91 bits per heavy atom. The molecule has 0 atom stereocenters. The summed E-state index contributed by atoms with van der Waals surface area (Å²) >= 11 is 0. The summed E-state index contributed by atoms with van der Waals surface area (Å²) in [6, 6.07) is 0. The molecule has 0 spiro atoms. The Labute approximate surface area is 69.8 Å². The quantitative estimate of drug-likeness (QED) is 0.587. The van der Waals surface area contributed by atoms with E-state index in [0.717, 1.165) is 11.3 Å². The third-order valence-corrected chi connectivity index (χ3v) is 3.32. The van der Waals surface area contributed by atoms with Crippen molar-refractivity contribution in [1.29, 1.82) is 0 Å². The summed E-state index contributed by atoms with van der Waals surface area (Å²) in [7, 11) is 0. The van der Waals surface area contributed by atoms with Crippen LogP contribution in [0.25, 0.3) is 0 Å². The molecule has 0 aromatic rings. The molecule has 2 bridgehead atoms. The summed E-state index contributed by atoms with van der Waals surface area (Å²) in [5.74, 6) is 0.896. The van der Waals surface area contributed by atoms with Gasteiger partial charge >= 0.3 is 0 Å². The lowest BCUT2D eigenvalue weighted by Crippen LogP contribution is -2.21. The maximum absolute atomic E-state index is 2.63. The molecule has 2 heterocycles. The minimum absolute atomic E-state index is 0.758. The van der Waals surface area contributed by atoms with E-state index in [2.05, 4.69) is 18.7 Å². The molecule has 0 aromatic carbocycles. The van der Waals surface area contributed by atoms with E-state index in [1.165, 1.54) is 38.9 Å². The summed E-state index contributed by atoms with van der Waals surface area (Å²) in [5.41, 5.74) is 0.758. The van der Waals surface area contributed by atoms with Crippen LogP contribution in [0.2, 0.25) is 0 Å². The molecule has 0 aliphatic carbocycles. The fourth-order valence-corrected chi connectivity index (χ4v) is 2.95. The van der Waals surface area contributed by atoms with Crippen molar-refractivity contribution in [2.24, 2.45) is 11.3 Å². The van der Waals surface area contributed by atoms with Gasteiger partial charge in [-0.3, -0.25) is 0 Å². The number of piperidine rings is 1. The van der Waals surface area contributed by atoms with Gasteiger partial charge in [-0.05, 0) is 43.7 Å². The highest BCUT2D eigenvalue weighted by atomic mass is 15.2. The van der Waals surface area contributed by atoms with Gasteiger partial charge in [0.05, 0.1) is 0 Å². The van der Waals surface area contributed by atoms with Crippen molar-refractivity contribution in [3.8, 4) is 0 Å². The van der Waals surface area contributed by atoms with Gasteiger partial charge in [0, 0.05) is 6.54 Å². The first-order valence-electron chi connectivity index (χ1n) is 4.93. The normalized spacial score (nSPS) is 42.3. The van der Waals surface area contributed by atoms with Crippen molar-refractivity contribution in [2.75, 3.05) is 19.6 Å². The van der Waals surface area contributed by atoms with E-state index >= 15 is 0 Å². The largest absolute Gasteiger partial charge is 0.303 e. The molecule has 2 aliphatic heterocycles. The van der Waals surface area contributed by atoms with Gasteiger partial charge in [0.2, 0.25) is 0 Å². The van der Waals surface area contributed by atoms with Gasteiger partial charge in [0.1, 0.15) is 0 Å². The van der Waals surface area contributed by atoms with Crippen LogP contribution in [0.4, 0.5) is 0 Å². The fraction of sp³-hybridized carbons (Fsp3) is 1.00. The van der Waals surface area contributed by atoms with Gasteiger partial charge < -0.3 is 4.90 Å². The first-order valence-corrected chi connectivity index (χ1v) is 4.93. The molecule has 0 aromatic heterocycles. The maximum atomic E-state index is 2.63. The summed E-state index contributed by atoms with van der Waals surface area (Å²) in [5, 5.41) is 0. The third kappa shape index (κ3) is 1.31. The molecule has 0 radical (unpaired) electrons. The van der Waals surface area contributed by atoms with Gasteiger partial charge in [-0.15, -0.1) is 0 Å². The number of rotatable bonds is 2. The van der Waals surface area contributed by atoms with Crippen LogP contribution < -0.4 is 0 Å². The molecule has 0 saturated carbocycles. The molecule has 0 amide bonds. The van der Waals surface area contributed by atoms with Crippen molar-refractivity contribution in [3.05, 3.63) is 0 Å². The van der Waals surface area contributed by atoms with Gasteiger partial charge in [0.15, 0.2) is 0 Å². The molecule has 2 saturated heterocycles. The van der Waals surface area contributed by atoms with Crippen LogP contribution in [0.1, 0.15) is 33.1 Å². The highest BCUT2D eigenvalue weighted by molar-refractivity contribution is 4.96. The van der Waals surface area contributed by atoms with E-state index in [-0.39, 0.29) is 0 Å². The molecule has 2 aliphatic rings. The van der Waals surface area contributed by atoms with Crippen molar-refractivity contribution < 1.29 is 0 Å². The Morgan fingerprint density at radius 3 is 2.27 bits per heavy atom. The average Bonchev–Trinajstić information content (AvgIpc) is 2.43. The van der Waals surface area contributed by atoms with Gasteiger partial charge in [-0.1, -0.05) is 13.8 Å². The van der Waals surface area contributed by atoms with E-state index in [0.29, 0.717) is 0 Å². The summed E-state index contributed by atoms with van der Waals surface area (Å²) in [4.78, 5) is 2.63. The molecule has 11 heavy (non-hydrogen) atoms. The Bertz CT molecular complexity index is 143. The number of hydrogen-bond acceptors (Lipinski definition) is 1. The number of nitrogens with zero attached hydrogens (tertiary/aromatic N) is 1. The third-order valence-electron chi connectivity index (χ3n) is 3.32. The smallest absolute Gasteiger partial charge is 0.00390 e. The minimum atomic E-state index is 0.758. The van der Waals surface area contributed by atoms with E-state index < -0.39 is 0 Å². The van der Waals surface area contributed by atoms with Gasteiger partial charge in [-0.25, -0.2) is 0 Å². The molecular formula is C10H19N. The summed E-state index contributed by atoms with van der Waals surface area (Å²) < 4.78 is 0. The van der Waals surface area contributed by atoms with E-state index in [1.807, 2.05) is 0 Å². The lowest BCUT2D eigenvalue weighted by atomic mass is 9.78. The van der Waals surface area contributed by atoms with Crippen molar-refractivity contribution in [1.82, 2.24) is 4.90 Å². The monoisotopic (exact) mass is 153 g/mol. The van der Waals surface area contributed by atoms with E-state index in [9.17, 15) is 0 Å². The average molecular weight is 153 g/mol. The zero-order valence-corrected chi connectivity index (χ0v) is 7.77. The Hall–Kier alpha value is -0.0400. The lowest BCUT2D eigenvalue weighted by Gasteiger charge is -2.26. The molecule has 0 unspecified atom stereocenters. The summed E-state index contributed by atoms with van der Waals surface area (Å²) in [6.45, 7) is 8.88. The van der Waals surface area contributed by atoms with Crippen molar-refractivity contribution in [3.63, 3.8) is 0 Å². The Balaban J connectivity index is 1.99. The second kappa shape index (κ2) is 2.48. The summed E-state index contributed by atoms with van der Waals surface area (Å²) in [6.07, 6.45) is 4.42. The molecule has 2 fully saturated rings. The highest BCUT2D eigenvalue weighted by Gasteiger charge is 2.43. The van der Waals surface area contributed by atoms with Crippen LogP contribution in [0.5, 0.6) is 0 Å². The molecule has 1 nitrogen and oxygen atoms in total. The van der Waals surface area contributed by atoms with E-state index in [4.69, 9.17) is 0 Å². The van der Waals surface area contributed by atoms with Crippen molar-refractivity contribution >= 4 is 0 Å². The van der Waals surface area contributed by atoms with Crippen LogP contribution >= 0.6 is 0 Å². The second-order valence-corrected chi connectivity index (χ2v) is 4.87. The zero-order valence-electron chi connectivity index (χ0n) is 7.77.